The maximum atomic E-state index is 9.58. The van der Waals surface area contributed by atoms with Crippen molar-refractivity contribution in [2.24, 2.45) is 11.7 Å². The molecular weight excluding hydrogens is 214 g/mol. The van der Waals surface area contributed by atoms with Crippen molar-refractivity contribution in [3.63, 3.8) is 0 Å². The molecule has 0 amide bonds. The highest BCUT2D eigenvalue weighted by atomic mass is 16.3. The third-order valence-electron chi connectivity index (χ3n) is 3.56. The van der Waals surface area contributed by atoms with Gasteiger partial charge in [-0.3, -0.25) is 9.88 Å². The highest BCUT2D eigenvalue weighted by Gasteiger charge is 2.26. The zero-order chi connectivity index (χ0) is 12.3. The fourth-order valence-corrected chi connectivity index (χ4v) is 2.44. The standard InChI is InChI=1S/C13H21N3O/c1-10(17)11-4-6-16(8-11)9-12-3-2-5-15-13(12)7-14/h2-3,5,10-11,17H,4,6-9,14H2,1H3. The Morgan fingerprint density at radius 1 is 1.65 bits per heavy atom. The van der Waals surface area contributed by atoms with Crippen molar-refractivity contribution in [1.29, 1.82) is 0 Å². The Labute approximate surface area is 102 Å². The second-order valence-electron chi connectivity index (χ2n) is 4.84. The van der Waals surface area contributed by atoms with Crippen molar-refractivity contribution in [3.05, 3.63) is 29.6 Å². The van der Waals surface area contributed by atoms with Crippen LogP contribution in [0.2, 0.25) is 0 Å². The molecule has 2 heterocycles. The predicted octanol–water partition coefficient (Wildman–Crippen LogP) is 0.743. The van der Waals surface area contributed by atoms with E-state index >= 15 is 0 Å². The molecular formula is C13H21N3O. The molecule has 1 aromatic rings. The second-order valence-corrected chi connectivity index (χ2v) is 4.84. The molecule has 1 aliphatic heterocycles. The summed E-state index contributed by atoms with van der Waals surface area (Å²) in [7, 11) is 0. The highest BCUT2D eigenvalue weighted by Crippen LogP contribution is 2.21. The third-order valence-corrected chi connectivity index (χ3v) is 3.56. The van der Waals surface area contributed by atoms with Crippen LogP contribution >= 0.6 is 0 Å². The number of aromatic nitrogens is 1. The smallest absolute Gasteiger partial charge is 0.0584 e. The summed E-state index contributed by atoms with van der Waals surface area (Å²) in [5.74, 6) is 0.410. The van der Waals surface area contributed by atoms with E-state index in [0.29, 0.717) is 12.5 Å². The van der Waals surface area contributed by atoms with Crippen LogP contribution in [0.15, 0.2) is 18.3 Å². The van der Waals surface area contributed by atoms with Gasteiger partial charge in [-0.05, 0) is 37.4 Å². The van der Waals surface area contributed by atoms with Crippen molar-refractivity contribution >= 4 is 0 Å². The molecule has 4 nitrogen and oxygen atoms in total. The van der Waals surface area contributed by atoms with Gasteiger partial charge >= 0.3 is 0 Å². The SMILES string of the molecule is CC(O)C1CCN(Cc2cccnc2CN)C1. The summed E-state index contributed by atoms with van der Waals surface area (Å²) in [4.78, 5) is 6.66. The van der Waals surface area contributed by atoms with Crippen LogP contribution < -0.4 is 5.73 Å². The van der Waals surface area contributed by atoms with E-state index in [0.717, 1.165) is 31.7 Å². The van der Waals surface area contributed by atoms with E-state index in [4.69, 9.17) is 5.73 Å². The molecule has 0 aromatic carbocycles. The monoisotopic (exact) mass is 235 g/mol. The Balaban J connectivity index is 1.98. The highest BCUT2D eigenvalue weighted by molar-refractivity contribution is 5.19. The summed E-state index contributed by atoms with van der Waals surface area (Å²) in [5.41, 5.74) is 7.87. The lowest BCUT2D eigenvalue weighted by molar-refractivity contribution is 0.127. The average molecular weight is 235 g/mol. The summed E-state index contributed by atoms with van der Waals surface area (Å²) >= 11 is 0. The van der Waals surface area contributed by atoms with Crippen LogP contribution in [-0.4, -0.2) is 34.2 Å². The Hall–Kier alpha value is -0.970. The van der Waals surface area contributed by atoms with E-state index in [1.165, 1.54) is 5.56 Å². The second kappa shape index (κ2) is 5.58. The fraction of sp³-hybridized carbons (Fsp3) is 0.615. The normalized spacial score (nSPS) is 22.9. The van der Waals surface area contributed by atoms with Crippen LogP contribution in [0.4, 0.5) is 0 Å². The van der Waals surface area contributed by atoms with Crippen LogP contribution in [0.1, 0.15) is 24.6 Å². The molecule has 2 unspecified atom stereocenters. The first-order valence-electron chi connectivity index (χ1n) is 6.24. The molecule has 2 rings (SSSR count). The molecule has 2 atom stereocenters. The van der Waals surface area contributed by atoms with E-state index in [2.05, 4.69) is 16.0 Å². The van der Waals surface area contributed by atoms with Gasteiger partial charge in [0.15, 0.2) is 0 Å². The molecule has 1 aliphatic rings. The number of hydrogen-bond donors (Lipinski definition) is 2. The maximum Gasteiger partial charge on any atom is 0.0584 e. The molecule has 0 bridgehead atoms. The Morgan fingerprint density at radius 3 is 3.12 bits per heavy atom. The van der Waals surface area contributed by atoms with Gasteiger partial charge in [0, 0.05) is 25.8 Å². The van der Waals surface area contributed by atoms with E-state index in [1.807, 2.05) is 13.0 Å². The summed E-state index contributed by atoms with van der Waals surface area (Å²) in [6.45, 7) is 5.28. The van der Waals surface area contributed by atoms with Gasteiger partial charge in [0.1, 0.15) is 0 Å². The Bertz CT molecular complexity index is 367. The first-order valence-corrected chi connectivity index (χ1v) is 6.24. The van der Waals surface area contributed by atoms with E-state index in [9.17, 15) is 5.11 Å². The number of rotatable bonds is 4. The van der Waals surface area contributed by atoms with Crippen molar-refractivity contribution < 1.29 is 5.11 Å². The van der Waals surface area contributed by atoms with Crippen molar-refractivity contribution in [1.82, 2.24) is 9.88 Å². The van der Waals surface area contributed by atoms with Crippen molar-refractivity contribution in [3.8, 4) is 0 Å². The van der Waals surface area contributed by atoms with Crippen LogP contribution in [0, 0.1) is 5.92 Å². The number of hydrogen-bond acceptors (Lipinski definition) is 4. The molecule has 0 spiro atoms. The number of nitrogens with two attached hydrogens (primary N) is 1. The maximum absolute atomic E-state index is 9.58. The fourth-order valence-electron chi connectivity index (χ4n) is 2.44. The third kappa shape index (κ3) is 3.03. The number of nitrogens with zero attached hydrogens (tertiary/aromatic N) is 2. The minimum absolute atomic E-state index is 0.206. The minimum atomic E-state index is -0.206. The molecule has 0 aliphatic carbocycles. The predicted molar refractivity (Wildman–Crippen MR) is 67.2 cm³/mol. The Morgan fingerprint density at radius 2 is 2.47 bits per heavy atom. The van der Waals surface area contributed by atoms with Crippen LogP contribution in [0.25, 0.3) is 0 Å². The first kappa shape index (κ1) is 12.5. The molecule has 1 saturated heterocycles. The molecule has 1 fully saturated rings. The zero-order valence-electron chi connectivity index (χ0n) is 10.3. The van der Waals surface area contributed by atoms with Gasteiger partial charge in [0.05, 0.1) is 11.8 Å². The summed E-state index contributed by atoms with van der Waals surface area (Å²) in [5, 5.41) is 9.58. The lowest BCUT2D eigenvalue weighted by atomic mass is 10.0. The number of aliphatic hydroxyl groups is 1. The van der Waals surface area contributed by atoms with Gasteiger partial charge in [-0.15, -0.1) is 0 Å². The molecule has 3 N–H and O–H groups in total. The van der Waals surface area contributed by atoms with Crippen LogP contribution in [0.3, 0.4) is 0 Å². The van der Waals surface area contributed by atoms with Crippen molar-refractivity contribution in [2.45, 2.75) is 32.5 Å². The molecule has 0 radical (unpaired) electrons. The zero-order valence-corrected chi connectivity index (χ0v) is 10.3. The molecule has 0 saturated carbocycles. The lowest BCUT2D eigenvalue weighted by Crippen LogP contribution is -2.24. The lowest BCUT2D eigenvalue weighted by Gasteiger charge is -2.18. The van der Waals surface area contributed by atoms with Crippen molar-refractivity contribution in [2.75, 3.05) is 13.1 Å². The molecule has 1 aromatic heterocycles. The summed E-state index contributed by atoms with van der Waals surface area (Å²) < 4.78 is 0. The van der Waals surface area contributed by atoms with Crippen LogP contribution in [-0.2, 0) is 13.1 Å². The van der Waals surface area contributed by atoms with E-state index in [-0.39, 0.29) is 6.10 Å². The van der Waals surface area contributed by atoms with E-state index in [1.54, 1.807) is 6.20 Å². The van der Waals surface area contributed by atoms with E-state index < -0.39 is 0 Å². The largest absolute Gasteiger partial charge is 0.393 e. The van der Waals surface area contributed by atoms with Crippen LogP contribution in [0.5, 0.6) is 0 Å². The number of likely N-dealkylation sites (tertiary alicyclic amines) is 1. The molecule has 4 heteroatoms. The summed E-state index contributed by atoms with van der Waals surface area (Å²) in [6, 6.07) is 4.04. The van der Waals surface area contributed by atoms with Gasteiger partial charge in [0.2, 0.25) is 0 Å². The topological polar surface area (TPSA) is 62.4 Å². The summed E-state index contributed by atoms with van der Waals surface area (Å²) in [6.07, 6.45) is 2.66. The van der Waals surface area contributed by atoms with Gasteiger partial charge in [-0.2, -0.15) is 0 Å². The average Bonchev–Trinajstić information content (AvgIpc) is 2.78. The van der Waals surface area contributed by atoms with Gasteiger partial charge in [-0.25, -0.2) is 0 Å². The molecule has 94 valence electrons. The molecule has 17 heavy (non-hydrogen) atoms. The number of aliphatic hydroxyl groups excluding tert-OH is 1. The number of pyridine rings is 1. The van der Waals surface area contributed by atoms with Gasteiger partial charge < -0.3 is 10.8 Å². The quantitative estimate of drug-likeness (QED) is 0.808. The first-order chi connectivity index (χ1) is 8.20. The van der Waals surface area contributed by atoms with Gasteiger partial charge in [-0.1, -0.05) is 6.07 Å². The minimum Gasteiger partial charge on any atom is -0.393 e. The Kier molecular flexibility index (Phi) is 4.10. The van der Waals surface area contributed by atoms with Gasteiger partial charge in [0.25, 0.3) is 0 Å².